The quantitative estimate of drug-likeness (QED) is 0.740. The van der Waals surface area contributed by atoms with Gasteiger partial charge in [0.1, 0.15) is 11.6 Å². The molecule has 0 saturated heterocycles. The van der Waals surface area contributed by atoms with Gasteiger partial charge in [-0.05, 0) is 18.2 Å². The van der Waals surface area contributed by atoms with Gasteiger partial charge in [-0.15, -0.1) is 11.3 Å². The fraction of sp³-hybridized carbons (Fsp3) is 0.176. The Morgan fingerprint density at radius 1 is 1.25 bits per heavy atom. The summed E-state index contributed by atoms with van der Waals surface area (Å²) in [5.41, 5.74) is 6.75. The molecule has 3 heterocycles. The number of nitrogens with zero attached hydrogens (tertiary/aromatic N) is 3. The topological polar surface area (TPSA) is 63.7 Å². The normalized spacial score (nSPS) is 14.2. The molecule has 0 saturated carbocycles. The number of anilines is 1. The maximum Gasteiger partial charge on any atom is 0.167 e. The molecule has 24 heavy (non-hydrogen) atoms. The molecule has 0 unspecified atom stereocenters. The van der Waals surface area contributed by atoms with Crippen molar-refractivity contribution in [2.45, 2.75) is 0 Å². The fourth-order valence-corrected chi connectivity index (χ4v) is 3.75. The number of rotatable bonds is 3. The number of nitrogens with two attached hydrogens (primary N) is 1. The van der Waals surface area contributed by atoms with Gasteiger partial charge in [-0.2, -0.15) is 0 Å². The van der Waals surface area contributed by atoms with Crippen LogP contribution in [-0.4, -0.2) is 35.9 Å². The minimum Gasteiger partial charge on any atom is -0.453 e. The Morgan fingerprint density at radius 3 is 2.88 bits per heavy atom. The number of aliphatic imine (C=N–C) groups is 1. The minimum absolute atomic E-state index is 0.141. The molecule has 2 aromatic heterocycles. The number of nitrogen functional groups attached to an aromatic ring is 1. The van der Waals surface area contributed by atoms with Crippen LogP contribution in [0.2, 0.25) is 0 Å². The highest BCUT2D eigenvalue weighted by Gasteiger charge is 2.19. The molecule has 3 aromatic rings. The minimum atomic E-state index is -0.489. The van der Waals surface area contributed by atoms with Gasteiger partial charge in [0.25, 0.3) is 0 Å². The molecule has 1 aliphatic rings. The van der Waals surface area contributed by atoms with Crippen molar-refractivity contribution in [2.24, 2.45) is 4.99 Å². The van der Waals surface area contributed by atoms with E-state index in [1.807, 2.05) is 13.1 Å². The molecule has 122 valence electrons. The van der Waals surface area contributed by atoms with E-state index in [0.29, 0.717) is 11.4 Å². The van der Waals surface area contributed by atoms with Gasteiger partial charge >= 0.3 is 0 Å². The SMILES string of the molecule is CN1CCN=C1c1cc2nccc(Oc3ccc(N)cc3F)c2s1. The third kappa shape index (κ3) is 2.56. The molecule has 0 atom stereocenters. The van der Waals surface area contributed by atoms with Crippen LogP contribution in [0.5, 0.6) is 11.5 Å². The van der Waals surface area contributed by atoms with E-state index in [-0.39, 0.29) is 5.75 Å². The largest absolute Gasteiger partial charge is 0.453 e. The van der Waals surface area contributed by atoms with Gasteiger partial charge in [-0.3, -0.25) is 9.98 Å². The first-order valence-electron chi connectivity index (χ1n) is 7.49. The van der Waals surface area contributed by atoms with E-state index >= 15 is 0 Å². The van der Waals surface area contributed by atoms with Crippen molar-refractivity contribution in [3.63, 3.8) is 0 Å². The lowest BCUT2D eigenvalue weighted by Crippen LogP contribution is -2.22. The monoisotopic (exact) mass is 342 g/mol. The smallest absolute Gasteiger partial charge is 0.167 e. The molecule has 0 radical (unpaired) electrons. The summed E-state index contributed by atoms with van der Waals surface area (Å²) in [6.07, 6.45) is 1.66. The summed E-state index contributed by atoms with van der Waals surface area (Å²) in [6.45, 7) is 1.71. The first kappa shape index (κ1) is 14.9. The predicted molar refractivity (Wildman–Crippen MR) is 94.5 cm³/mol. The molecular weight excluding hydrogens is 327 g/mol. The second-order valence-electron chi connectivity index (χ2n) is 5.55. The van der Waals surface area contributed by atoms with Crippen LogP contribution in [0, 0.1) is 5.82 Å². The summed E-state index contributed by atoms with van der Waals surface area (Å²) in [5, 5.41) is 0. The number of fused-ring (bicyclic) bond motifs is 1. The second-order valence-corrected chi connectivity index (χ2v) is 6.61. The van der Waals surface area contributed by atoms with E-state index in [1.165, 1.54) is 12.1 Å². The molecule has 4 rings (SSSR count). The lowest BCUT2D eigenvalue weighted by atomic mass is 10.3. The maximum absolute atomic E-state index is 14.0. The Balaban J connectivity index is 1.74. The number of halogens is 1. The lowest BCUT2D eigenvalue weighted by molar-refractivity contribution is 0.447. The molecule has 0 bridgehead atoms. The lowest BCUT2D eigenvalue weighted by Gasteiger charge is -2.11. The Hall–Kier alpha value is -2.67. The first-order chi connectivity index (χ1) is 11.6. The molecule has 2 N–H and O–H groups in total. The van der Waals surface area contributed by atoms with Crippen LogP contribution < -0.4 is 10.5 Å². The maximum atomic E-state index is 14.0. The number of benzene rings is 1. The number of pyridine rings is 1. The van der Waals surface area contributed by atoms with Crippen LogP contribution in [0.25, 0.3) is 10.2 Å². The third-order valence-electron chi connectivity index (χ3n) is 3.83. The summed E-state index contributed by atoms with van der Waals surface area (Å²) in [6, 6.07) is 8.11. The van der Waals surface area contributed by atoms with E-state index in [1.54, 1.807) is 29.7 Å². The van der Waals surface area contributed by atoms with Gasteiger partial charge in [0.15, 0.2) is 11.6 Å². The Bertz CT molecular complexity index is 953. The summed E-state index contributed by atoms with van der Waals surface area (Å²) < 4.78 is 20.6. The Morgan fingerprint density at radius 2 is 2.12 bits per heavy atom. The van der Waals surface area contributed by atoms with Crippen molar-refractivity contribution in [3.05, 3.63) is 47.2 Å². The van der Waals surface area contributed by atoms with Gasteiger partial charge < -0.3 is 15.4 Å². The molecule has 0 spiro atoms. The van der Waals surface area contributed by atoms with E-state index in [0.717, 1.165) is 34.0 Å². The van der Waals surface area contributed by atoms with E-state index in [9.17, 15) is 4.39 Å². The fourth-order valence-electron chi connectivity index (χ4n) is 2.62. The van der Waals surface area contributed by atoms with Crippen molar-refractivity contribution in [1.82, 2.24) is 9.88 Å². The highest BCUT2D eigenvalue weighted by atomic mass is 32.1. The van der Waals surface area contributed by atoms with Crippen molar-refractivity contribution in [2.75, 3.05) is 25.9 Å². The summed E-state index contributed by atoms with van der Waals surface area (Å²) in [7, 11) is 2.02. The second kappa shape index (κ2) is 5.76. The zero-order chi connectivity index (χ0) is 16.7. The third-order valence-corrected chi connectivity index (χ3v) is 4.97. The van der Waals surface area contributed by atoms with Crippen molar-refractivity contribution in [3.8, 4) is 11.5 Å². The Labute approximate surface area is 142 Å². The molecule has 0 aliphatic carbocycles. The standard InChI is InChI=1S/C17H15FN4OS/c1-22-7-6-21-17(22)15-9-12-16(24-15)14(4-5-20-12)23-13-3-2-10(19)8-11(13)18/h2-5,8-9H,6-7,19H2,1H3. The number of hydrogen-bond acceptors (Lipinski definition) is 6. The number of hydrogen-bond donors (Lipinski definition) is 1. The highest BCUT2D eigenvalue weighted by Crippen LogP contribution is 2.36. The van der Waals surface area contributed by atoms with E-state index < -0.39 is 5.82 Å². The van der Waals surface area contributed by atoms with Crippen LogP contribution in [0.1, 0.15) is 4.88 Å². The number of likely N-dealkylation sites (N-methyl/N-ethyl adjacent to an activating group) is 1. The zero-order valence-electron chi connectivity index (χ0n) is 13.0. The molecule has 5 nitrogen and oxygen atoms in total. The van der Waals surface area contributed by atoms with Gasteiger partial charge in [0.2, 0.25) is 0 Å². The average Bonchev–Trinajstić information content (AvgIpc) is 3.16. The van der Waals surface area contributed by atoms with Crippen LogP contribution in [0.15, 0.2) is 41.5 Å². The summed E-state index contributed by atoms with van der Waals surface area (Å²) in [4.78, 5) is 12.1. The molecule has 7 heteroatoms. The zero-order valence-corrected chi connectivity index (χ0v) is 13.8. The van der Waals surface area contributed by atoms with Crippen LogP contribution >= 0.6 is 11.3 Å². The first-order valence-corrected chi connectivity index (χ1v) is 8.31. The number of aromatic nitrogens is 1. The highest BCUT2D eigenvalue weighted by molar-refractivity contribution is 7.21. The molecular formula is C17H15FN4OS. The van der Waals surface area contributed by atoms with Crippen LogP contribution in [0.3, 0.4) is 0 Å². The van der Waals surface area contributed by atoms with Gasteiger partial charge in [0.05, 0.1) is 21.6 Å². The number of amidine groups is 1. The predicted octanol–water partition coefficient (Wildman–Crippen LogP) is 3.50. The van der Waals surface area contributed by atoms with Gasteiger partial charge in [0, 0.05) is 37.6 Å². The number of thiophene rings is 1. The molecule has 1 aromatic carbocycles. The summed E-state index contributed by atoms with van der Waals surface area (Å²) in [5.74, 6) is 1.18. The van der Waals surface area contributed by atoms with Gasteiger partial charge in [-0.1, -0.05) is 0 Å². The Kier molecular flexibility index (Phi) is 3.57. The molecule has 1 aliphatic heterocycles. The summed E-state index contributed by atoms with van der Waals surface area (Å²) >= 11 is 1.55. The molecule has 0 amide bonds. The molecule has 0 fully saturated rings. The van der Waals surface area contributed by atoms with Crippen molar-refractivity contribution < 1.29 is 9.13 Å². The van der Waals surface area contributed by atoms with Crippen LogP contribution in [-0.2, 0) is 0 Å². The van der Waals surface area contributed by atoms with E-state index in [4.69, 9.17) is 10.5 Å². The average molecular weight is 342 g/mol. The van der Waals surface area contributed by atoms with Gasteiger partial charge in [-0.25, -0.2) is 4.39 Å². The van der Waals surface area contributed by atoms with Crippen LogP contribution in [0.4, 0.5) is 10.1 Å². The van der Waals surface area contributed by atoms with E-state index in [2.05, 4.69) is 14.9 Å². The van der Waals surface area contributed by atoms with Crippen molar-refractivity contribution in [1.29, 1.82) is 0 Å². The van der Waals surface area contributed by atoms with Crippen molar-refractivity contribution >= 4 is 33.1 Å². The number of ether oxygens (including phenoxy) is 1.